The van der Waals surface area contributed by atoms with Crippen molar-refractivity contribution in [3.05, 3.63) is 47.0 Å². The van der Waals surface area contributed by atoms with Crippen molar-refractivity contribution >= 4 is 23.4 Å². The van der Waals surface area contributed by atoms with Crippen LogP contribution in [0, 0.1) is 6.92 Å². The van der Waals surface area contributed by atoms with Gasteiger partial charge >= 0.3 is 0 Å². The number of fused-ring (bicyclic) bond motifs is 2. The van der Waals surface area contributed by atoms with Crippen LogP contribution in [-0.2, 0) is 0 Å². The van der Waals surface area contributed by atoms with E-state index in [0.29, 0.717) is 0 Å². The van der Waals surface area contributed by atoms with Crippen molar-refractivity contribution in [1.82, 2.24) is 0 Å². The molecule has 0 atom stereocenters. The lowest BCUT2D eigenvalue weighted by Gasteiger charge is -2.19. The molecule has 0 fully saturated rings. The van der Waals surface area contributed by atoms with Crippen LogP contribution in [-0.4, -0.2) is 0 Å². The minimum atomic E-state index is 0.742. The van der Waals surface area contributed by atoms with Gasteiger partial charge in [-0.25, -0.2) is 0 Å². The van der Waals surface area contributed by atoms with Crippen LogP contribution < -0.4 is 4.74 Å². The van der Waals surface area contributed by atoms with Gasteiger partial charge in [-0.1, -0.05) is 29.4 Å². The minimum absolute atomic E-state index is 0.742. The van der Waals surface area contributed by atoms with Gasteiger partial charge in [-0.15, -0.1) is 0 Å². The van der Waals surface area contributed by atoms with Crippen molar-refractivity contribution < 1.29 is 4.74 Å². The summed E-state index contributed by atoms with van der Waals surface area (Å²) in [4.78, 5) is 2.22. The number of ether oxygens (including phenoxy) is 1. The van der Waals surface area contributed by atoms with Gasteiger partial charge in [0.1, 0.15) is 11.5 Å². The molecule has 0 spiro atoms. The second kappa shape index (κ2) is 3.72. The van der Waals surface area contributed by atoms with E-state index in [9.17, 15) is 0 Å². The zero-order valence-corrected chi connectivity index (χ0v) is 10.2. The second-order valence-corrected chi connectivity index (χ2v) is 5.27. The molecule has 80 valence electrons. The van der Waals surface area contributed by atoms with E-state index >= 15 is 0 Å². The number of benzene rings is 2. The Balaban J connectivity index is 2.10. The molecule has 3 heteroatoms. The third-order valence-electron chi connectivity index (χ3n) is 2.44. The molecule has 1 nitrogen and oxygen atoms in total. The zero-order chi connectivity index (χ0) is 11.1. The molecular formula is C13H9ClOS. The third-order valence-corrected chi connectivity index (χ3v) is 3.76. The predicted molar refractivity (Wildman–Crippen MR) is 66.8 cm³/mol. The first kappa shape index (κ1) is 10.1. The third kappa shape index (κ3) is 1.68. The molecule has 0 saturated carbocycles. The number of rotatable bonds is 0. The molecule has 0 aromatic heterocycles. The highest BCUT2D eigenvalue weighted by Gasteiger charge is 2.17. The van der Waals surface area contributed by atoms with Crippen molar-refractivity contribution in [2.24, 2.45) is 0 Å². The Kier molecular flexibility index (Phi) is 2.34. The topological polar surface area (TPSA) is 9.23 Å². The van der Waals surface area contributed by atoms with Gasteiger partial charge in [0.2, 0.25) is 0 Å². The van der Waals surface area contributed by atoms with Crippen molar-refractivity contribution in [3.63, 3.8) is 0 Å². The highest BCUT2D eigenvalue weighted by molar-refractivity contribution is 7.99. The highest BCUT2D eigenvalue weighted by Crippen LogP contribution is 2.47. The lowest BCUT2D eigenvalue weighted by atomic mass is 10.2. The number of aryl methyl sites for hydroxylation is 1. The van der Waals surface area contributed by atoms with Crippen LogP contribution >= 0.6 is 23.4 Å². The van der Waals surface area contributed by atoms with Crippen molar-refractivity contribution in [2.75, 3.05) is 0 Å². The summed E-state index contributed by atoms with van der Waals surface area (Å²) in [5.74, 6) is 1.80. The number of hydrogen-bond acceptors (Lipinski definition) is 2. The zero-order valence-electron chi connectivity index (χ0n) is 8.66. The lowest BCUT2D eigenvalue weighted by Crippen LogP contribution is -1.94. The van der Waals surface area contributed by atoms with E-state index in [1.165, 1.54) is 5.56 Å². The fourth-order valence-corrected chi connectivity index (χ4v) is 2.99. The maximum Gasteiger partial charge on any atom is 0.141 e. The first-order valence-electron chi connectivity index (χ1n) is 4.98. The van der Waals surface area contributed by atoms with Gasteiger partial charge in [0.15, 0.2) is 0 Å². The molecule has 0 saturated heterocycles. The Bertz CT molecular complexity index is 516. The van der Waals surface area contributed by atoms with Crippen molar-refractivity contribution in [3.8, 4) is 11.5 Å². The van der Waals surface area contributed by atoms with Crippen LogP contribution in [0.3, 0.4) is 0 Å². The smallest absolute Gasteiger partial charge is 0.141 e. The van der Waals surface area contributed by atoms with E-state index in [1.54, 1.807) is 11.8 Å². The molecule has 1 aliphatic rings. The van der Waals surface area contributed by atoms with Crippen LogP contribution in [0.4, 0.5) is 0 Å². The molecule has 1 heterocycles. The van der Waals surface area contributed by atoms with E-state index in [-0.39, 0.29) is 0 Å². The molecule has 0 radical (unpaired) electrons. The number of hydrogen-bond donors (Lipinski definition) is 0. The monoisotopic (exact) mass is 248 g/mol. The Hall–Kier alpha value is -1.12. The maximum absolute atomic E-state index is 5.97. The molecule has 0 aliphatic carbocycles. The molecule has 3 rings (SSSR count). The predicted octanol–water partition coefficient (Wildman–Crippen LogP) is 4.91. The molecule has 0 amide bonds. The van der Waals surface area contributed by atoms with Gasteiger partial charge in [0.05, 0.1) is 9.79 Å². The molecule has 16 heavy (non-hydrogen) atoms. The SMILES string of the molecule is Cc1ccc2c(c1)Sc1cc(Cl)ccc1O2. The normalized spacial score (nSPS) is 12.6. The quantitative estimate of drug-likeness (QED) is 0.559. The first-order chi connectivity index (χ1) is 7.72. The minimum Gasteiger partial charge on any atom is -0.455 e. The standard InChI is InChI=1S/C13H9ClOS/c1-8-2-4-10-12(6-8)16-13-7-9(14)3-5-11(13)15-10/h2-7H,1H3. The largest absolute Gasteiger partial charge is 0.455 e. The summed E-state index contributed by atoms with van der Waals surface area (Å²) < 4.78 is 5.81. The average Bonchev–Trinajstić information content (AvgIpc) is 2.26. The lowest BCUT2D eigenvalue weighted by molar-refractivity contribution is 0.454. The Morgan fingerprint density at radius 1 is 1.00 bits per heavy atom. The van der Waals surface area contributed by atoms with Crippen LogP contribution in [0.1, 0.15) is 5.56 Å². The highest BCUT2D eigenvalue weighted by atomic mass is 35.5. The summed E-state index contributed by atoms with van der Waals surface area (Å²) in [6, 6.07) is 11.9. The van der Waals surface area contributed by atoms with Crippen molar-refractivity contribution in [2.45, 2.75) is 16.7 Å². The maximum atomic E-state index is 5.97. The summed E-state index contributed by atoms with van der Waals surface area (Å²) in [5, 5.41) is 0.742. The van der Waals surface area contributed by atoms with Gasteiger partial charge in [-0.2, -0.15) is 0 Å². The fourth-order valence-electron chi connectivity index (χ4n) is 1.66. The van der Waals surface area contributed by atoms with Gasteiger partial charge < -0.3 is 4.74 Å². The summed E-state index contributed by atoms with van der Waals surface area (Å²) in [6.45, 7) is 2.08. The second-order valence-electron chi connectivity index (χ2n) is 3.75. The van der Waals surface area contributed by atoms with Crippen LogP contribution in [0.25, 0.3) is 0 Å². The number of halogens is 1. The molecular weight excluding hydrogens is 240 g/mol. The molecule has 0 N–H and O–H groups in total. The molecule has 2 aromatic carbocycles. The average molecular weight is 249 g/mol. The van der Waals surface area contributed by atoms with Crippen LogP contribution in [0.15, 0.2) is 46.2 Å². The summed E-state index contributed by atoms with van der Waals surface area (Å²) >= 11 is 7.67. The van der Waals surface area contributed by atoms with E-state index < -0.39 is 0 Å². The first-order valence-corrected chi connectivity index (χ1v) is 6.18. The van der Waals surface area contributed by atoms with E-state index in [1.807, 2.05) is 24.3 Å². The van der Waals surface area contributed by atoms with E-state index in [0.717, 1.165) is 26.3 Å². The Morgan fingerprint density at radius 2 is 1.69 bits per heavy atom. The van der Waals surface area contributed by atoms with Gasteiger partial charge in [-0.05, 0) is 42.8 Å². The van der Waals surface area contributed by atoms with E-state index in [2.05, 4.69) is 19.1 Å². The van der Waals surface area contributed by atoms with Gasteiger partial charge in [0.25, 0.3) is 0 Å². The van der Waals surface area contributed by atoms with Gasteiger partial charge in [-0.3, -0.25) is 0 Å². The summed E-state index contributed by atoms with van der Waals surface area (Å²) in [6.07, 6.45) is 0. The Labute approximate surface area is 103 Å². The fraction of sp³-hybridized carbons (Fsp3) is 0.0769. The van der Waals surface area contributed by atoms with Crippen LogP contribution in [0.2, 0.25) is 5.02 Å². The van der Waals surface area contributed by atoms with Crippen LogP contribution in [0.5, 0.6) is 11.5 Å². The molecule has 2 aromatic rings. The van der Waals surface area contributed by atoms with Crippen molar-refractivity contribution in [1.29, 1.82) is 0 Å². The molecule has 0 bridgehead atoms. The summed E-state index contributed by atoms with van der Waals surface area (Å²) in [7, 11) is 0. The summed E-state index contributed by atoms with van der Waals surface area (Å²) in [5.41, 5.74) is 1.24. The molecule has 0 unspecified atom stereocenters. The van der Waals surface area contributed by atoms with Gasteiger partial charge in [0, 0.05) is 5.02 Å². The Morgan fingerprint density at radius 3 is 2.50 bits per heavy atom. The van der Waals surface area contributed by atoms with E-state index in [4.69, 9.17) is 16.3 Å². The molecule has 1 aliphatic heterocycles.